The van der Waals surface area contributed by atoms with Crippen molar-refractivity contribution >= 4 is 57.3 Å². The first-order valence-corrected chi connectivity index (χ1v) is 12.8. The first-order valence-electron chi connectivity index (χ1n) is 10.6. The minimum Gasteiger partial charge on any atom is -0.507 e. The number of rotatable bonds is 6. The maximum atomic E-state index is 14.0. The predicted octanol–water partition coefficient (Wildman–Crippen LogP) is 5.64. The van der Waals surface area contributed by atoms with E-state index in [0.717, 1.165) is 11.3 Å². The summed E-state index contributed by atoms with van der Waals surface area (Å²) < 4.78 is 14.5. The lowest BCUT2D eigenvalue weighted by molar-refractivity contribution is -0.132. The number of ketones is 1. The average Bonchev–Trinajstić information content (AvgIpc) is 3.46. The van der Waals surface area contributed by atoms with Crippen LogP contribution in [0.15, 0.2) is 83.0 Å². The van der Waals surface area contributed by atoms with E-state index in [-0.39, 0.29) is 22.3 Å². The Bertz CT molecular complexity index is 1480. The third kappa shape index (κ3) is 4.62. The molecule has 0 aliphatic carbocycles. The van der Waals surface area contributed by atoms with Crippen molar-refractivity contribution in [3.8, 4) is 0 Å². The highest BCUT2D eigenvalue weighted by atomic mass is 35.5. The van der Waals surface area contributed by atoms with Crippen molar-refractivity contribution in [3.05, 3.63) is 106 Å². The Morgan fingerprint density at radius 2 is 1.78 bits per heavy atom. The van der Waals surface area contributed by atoms with Crippen LogP contribution in [0.5, 0.6) is 0 Å². The van der Waals surface area contributed by atoms with E-state index in [2.05, 4.69) is 15.2 Å². The number of carbonyl (C=O) groups excluding carboxylic acids is 2. The molecule has 3 heterocycles. The van der Waals surface area contributed by atoms with Gasteiger partial charge >= 0.3 is 5.91 Å². The molecule has 0 radical (unpaired) electrons. The van der Waals surface area contributed by atoms with Gasteiger partial charge in [-0.15, -0.1) is 10.2 Å². The van der Waals surface area contributed by atoms with Gasteiger partial charge in [0, 0.05) is 28.7 Å². The Labute approximate surface area is 218 Å². The van der Waals surface area contributed by atoms with Crippen molar-refractivity contribution in [2.45, 2.75) is 16.1 Å². The molecule has 1 fully saturated rings. The number of amides is 1. The lowest BCUT2D eigenvalue weighted by atomic mass is 9.96. The summed E-state index contributed by atoms with van der Waals surface area (Å²) in [7, 11) is 0. The molecule has 1 amide bonds. The summed E-state index contributed by atoms with van der Waals surface area (Å²) in [6, 6.07) is 15.2. The van der Waals surface area contributed by atoms with Crippen LogP contribution in [0.4, 0.5) is 9.52 Å². The number of aliphatic hydroxyl groups excluding tert-OH is 1. The molecule has 11 heteroatoms. The van der Waals surface area contributed by atoms with Crippen molar-refractivity contribution in [2.24, 2.45) is 0 Å². The normalized spacial score (nSPS) is 17.1. The molecule has 4 aromatic rings. The fraction of sp³-hybridized carbons (Fsp3) is 0.0800. The first-order chi connectivity index (χ1) is 17.4. The third-order valence-corrected chi connectivity index (χ3v) is 7.85. The second kappa shape index (κ2) is 10.2. The summed E-state index contributed by atoms with van der Waals surface area (Å²) in [5.74, 6) is -2.01. The smallest absolute Gasteiger partial charge is 0.301 e. The van der Waals surface area contributed by atoms with E-state index < -0.39 is 17.7 Å². The van der Waals surface area contributed by atoms with Crippen LogP contribution in [-0.4, -0.2) is 32.0 Å². The van der Waals surface area contributed by atoms with Crippen LogP contribution < -0.4 is 4.90 Å². The molecule has 0 saturated carbocycles. The molecule has 1 N–H and O–H groups in total. The van der Waals surface area contributed by atoms with E-state index in [1.165, 1.54) is 35.1 Å². The molecule has 0 bridgehead atoms. The predicted molar refractivity (Wildman–Crippen MR) is 136 cm³/mol. The summed E-state index contributed by atoms with van der Waals surface area (Å²) in [4.78, 5) is 31.5. The van der Waals surface area contributed by atoms with Gasteiger partial charge in [0.15, 0.2) is 4.34 Å². The minimum absolute atomic E-state index is 0.0794. The quantitative estimate of drug-likeness (QED) is 0.111. The number of anilines is 1. The SMILES string of the molecule is O=C1C(=O)N(c2nnc(SCc3ccccc3F)s2)C(c2ccc(Cl)cc2)/C1=C(\O)c1ccncc1. The topological polar surface area (TPSA) is 96.3 Å². The summed E-state index contributed by atoms with van der Waals surface area (Å²) in [6.45, 7) is 0. The van der Waals surface area contributed by atoms with Crippen LogP contribution in [0.1, 0.15) is 22.7 Å². The summed E-state index contributed by atoms with van der Waals surface area (Å²) in [6.07, 6.45) is 2.96. The van der Waals surface area contributed by atoms with Gasteiger partial charge in [-0.05, 0) is 41.5 Å². The minimum atomic E-state index is -0.951. The monoisotopic (exact) mass is 538 g/mol. The van der Waals surface area contributed by atoms with Crippen LogP contribution in [0, 0.1) is 5.82 Å². The molecule has 180 valence electrons. The highest BCUT2D eigenvalue weighted by molar-refractivity contribution is 8.00. The highest BCUT2D eigenvalue weighted by Gasteiger charge is 2.48. The Morgan fingerprint density at radius 3 is 2.50 bits per heavy atom. The zero-order chi connectivity index (χ0) is 25.2. The number of nitrogens with zero attached hydrogens (tertiary/aromatic N) is 4. The van der Waals surface area contributed by atoms with Crippen molar-refractivity contribution < 1.29 is 19.1 Å². The van der Waals surface area contributed by atoms with Gasteiger partial charge in [-0.3, -0.25) is 19.5 Å². The van der Waals surface area contributed by atoms with E-state index in [1.54, 1.807) is 54.6 Å². The van der Waals surface area contributed by atoms with Gasteiger partial charge in [0.25, 0.3) is 5.78 Å². The number of halogens is 2. The van der Waals surface area contributed by atoms with Crippen molar-refractivity contribution in [3.63, 3.8) is 0 Å². The molecule has 1 atom stereocenters. The van der Waals surface area contributed by atoms with Gasteiger partial charge in [-0.2, -0.15) is 0 Å². The number of aromatic nitrogens is 3. The molecule has 1 aliphatic heterocycles. The number of Topliss-reactive ketones (excluding diaryl/α,β-unsaturated/α-hetero) is 1. The first kappa shape index (κ1) is 24.1. The maximum absolute atomic E-state index is 14.0. The van der Waals surface area contributed by atoms with Crippen LogP contribution in [0.2, 0.25) is 5.02 Å². The average molecular weight is 539 g/mol. The van der Waals surface area contributed by atoms with E-state index in [1.807, 2.05) is 0 Å². The lowest BCUT2D eigenvalue weighted by Gasteiger charge is -2.22. The van der Waals surface area contributed by atoms with Crippen LogP contribution in [0.3, 0.4) is 0 Å². The van der Waals surface area contributed by atoms with E-state index in [4.69, 9.17) is 11.6 Å². The third-order valence-electron chi connectivity index (χ3n) is 5.49. The largest absolute Gasteiger partial charge is 0.507 e. The van der Waals surface area contributed by atoms with Gasteiger partial charge in [0.05, 0.1) is 11.6 Å². The second-order valence-electron chi connectivity index (χ2n) is 7.69. The molecule has 1 aliphatic rings. The number of carbonyl (C=O) groups is 2. The molecule has 1 unspecified atom stereocenters. The van der Waals surface area contributed by atoms with Crippen LogP contribution in [0.25, 0.3) is 5.76 Å². The molecule has 0 spiro atoms. The number of benzene rings is 2. The number of pyridine rings is 1. The molecular formula is C25H16ClFN4O3S2. The number of hydrogen-bond acceptors (Lipinski definition) is 8. The molecule has 7 nitrogen and oxygen atoms in total. The summed E-state index contributed by atoms with van der Waals surface area (Å²) in [5, 5.41) is 20.0. The van der Waals surface area contributed by atoms with Crippen molar-refractivity contribution in [2.75, 3.05) is 4.90 Å². The van der Waals surface area contributed by atoms with Gasteiger partial charge < -0.3 is 5.11 Å². The standard InChI is InChI=1S/C25H16ClFN4O3S2/c26-17-7-5-14(6-8-17)20-19(21(32)15-9-11-28-12-10-15)22(33)23(34)31(20)24-29-30-25(36-24)35-13-16-3-1-2-4-18(16)27/h1-12,20,32H,13H2/b21-19+. The van der Waals surface area contributed by atoms with E-state index >= 15 is 0 Å². The maximum Gasteiger partial charge on any atom is 0.301 e. The summed E-state index contributed by atoms with van der Waals surface area (Å²) >= 11 is 8.43. The Kier molecular flexibility index (Phi) is 6.82. The van der Waals surface area contributed by atoms with Gasteiger partial charge in [-0.1, -0.05) is 65.0 Å². The number of thioether (sulfide) groups is 1. The zero-order valence-corrected chi connectivity index (χ0v) is 20.7. The van der Waals surface area contributed by atoms with E-state index in [9.17, 15) is 19.1 Å². The van der Waals surface area contributed by atoms with Crippen molar-refractivity contribution in [1.82, 2.24) is 15.2 Å². The van der Waals surface area contributed by atoms with Crippen LogP contribution in [-0.2, 0) is 15.3 Å². The molecule has 36 heavy (non-hydrogen) atoms. The molecule has 5 rings (SSSR count). The molecule has 1 saturated heterocycles. The number of hydrogen-bond donors (Lipinski definition) is 1. The fourth-order valence-corrected chi connectivity index (χ4v) is 5.75. The van der Waals surface area contributed by atoms with E-state index in [0.29, 0.717) is 31.8 Å². The molecule has 2 aromatic carbocycles. The van der Waals surface area contributed by atoms with Crippen LogP contribution >= 0.6 is 34.7 Å². The molecule has 2 aromatic heterocycles. The van der Waals surface area contributed by atoms with Gasteiger partial charge in [-0.25, -0.2) is 4.39 Å². The Morgan fingerprint density at radius 1 is 1.06 bits per heavy atom. The van der Waals surface area contributed by atoms with Crippen molar-refractivity contribution in [1.29, 1.82) is 0 Å². The van der Waals surface area contributed by atoms with Gasteiger partial charge in [0.2, 0.25) is 5.13 Å². The van der Waals surface area contributed by atoms with Gasteiger partial charge in [0.1, 0.15) is 11.6 Å². The Balaban J connectivity index is 1.54. The summed E-state index contributed by atoms with van der Waals surface area (Å²) in [5.41, 5.74) is 1.34. The Hall–Kier alpha value is -3.60. The second-order valence-corrected chi connectivity index (χ2v) is 10.3. The molecular weight excluding hydrogens is 523 g/mol. The fourth-order valence-electron chi connectivity index (χ4n) is 3.77. The lowest BCUT2D eigenvalue weighted by Crippen LogP contribution is -2.29. The zero-order valence-electron chi connectivity index (χ0n) is 18.3. The number of aliphatic hydroxyl groups is 1. The highest BCUT2D eigenvalue weighted by Crippen LogP contribution is 2.44.